The summed E-state index contributed by atoms with van der Waals surface area (Å²) in [6.07, 6.45) is 0. The summed E-state index contributed by atoms with van der Waals surface area (Å²) in [5.74, 6) is 0.139. The third kappa shape index (κ3) is 5.58. The van der Waals surface area contributed by atoms with Crippen LogP contribution in [-0.2, 0) is 14.8 Å². The van der Waals surface area contributed by atoms with Gasteiger partial charge in [-0.15, -0.1) is 0 Å². The molecule has 8 nitrogen and oxygen atoms in total. The molecule has 1 aliphatic heterocycles. The van der Waals surface area contributed by atoms with E-state index in [9.17, 15) is 13.2 Å². The van der Waals surface area contributed by atoms with E-state index in [2.05, 4.69) is 15.5 Å². The van der Waals surface area contributed by atoms with E-state index in [-0.39, 0.29) is 11.8 Å². The Bertz CT molecular complexity index is 655. The number of sulfonamides is 1. The zero-order valence-electron chi connectivity index (χ0n) is 14.7. The summed E-state index contributed by atoms with van der Waals surface area (Å²) in [7, 11) is -1.53. The lowest BCUT2D eigenvalue weighted by atomic mass is 10.2. The summed E-state index contributed by atoms with van der Waals surface area (Å²) in [6, 6.07) is 7.24. The molecule has 25 heavy (non-hydrogen) atoms. The summed E-state index contributed by atoms with van der Waals surface area (Å²) < 4.78 is 30.2. The predicted octanol–water partition coefficient (Wildman–Crippen LogP) is 0.926. The number of piperazine rings is 1. The number of carbonyl (C=O) groups excluding carboxylic acids is 1. The molecule has 0 unspecified atom stereocenters. The van der Waals surface area contributed by atoms with Gasteiger partial charge in [-0.25, -0.2) is 13.2 Å². The van der Waals surface area contributed by atoms with E-state index in [1.807, 2.05) is 24.3 Å². The van der Waals surface area contributed by atoms with Gasteiger partial charge in [0.15, 0.2) is 0 Å². The van der Waals surface area contributed by atoms with Crippen molar-refractivity contribution in [2.75, 3.05) is 62.4 Å². The van der Waals surface area contributed by atoms with Crippen LogP contribution in [-0.4, -0.2) is 70.9 Å². The first-order valence-electron chi connectivity index (χ1n) is 8.33. The van der Waals surface area contributed by atoms with Crippen molar-refractivity contribution in [1.82, 2.24) is 9.62 Å². The molecule has 1 aromatic rings. The van der Waals surface area contributed by atoms with E-state index in [4.69, 9.17) is 4.74 Å². The van der Waals surface area contributed by atoms with E-state index < -0.39 is 10.0 Å². The molecule has 2 amide bonds. The van der Waals surface area contributed by atoms with Crippen LogP contribution >= 0.6 is 0 Å². The summed E-state index contributed by atoms with van der Waals surface area (Å²) in [5.41, 5.74) is 1.71. The topological polar surface area (TPSA) is 91.0 Å². The number of nitrogens with zero attached hydrogens (tertiary/aromatic N) is 2. The quantitative estimate of drug-likeness (QED) is 0.697. The fourth-order valence-corrected chi connectivity index (χ4v) is 3.69. The molecule has 1 saturated heterocycles. The summed E-state index contributed by atoms with van der Waals surface area (Å²) in [4.78, 5) is 13.8. The number of hydrogen-bond donors (Lipinski definition) is 2. The second kappa shape index (κ2) is 9.02. The summed E-state index contributed by atoms with van der Waals surface area (Å²) >= 11 is 0. The number of benzene rings is 1. The fraction of sp³-hybridized carbons (Fsp3) is 0.562. The largest absolute Gasteiger partial charge is 0.383 e. The number of anilines is 2. The molecule has 1 aliphatic rings. The molecule has 2 N–H and O–H groups in total. The fourth-order valence-electron chi connectivity index (χ4n) is 2.60. The Balaban J connectivity index is 1.85. The standard InChI is InChI=1S/C16H26N4O4S/c1-3-25(22,23)20-11-9-19(10-12-20)15-6-4-14(5-7-15)18-16(21)17-8-13-24-2/h4-7H,3,8-13H2,1-2H3,(H2,17,18,21). The average molecular weight is 370 g/mol. The second-order valence-corrected chi connectivity index (χ2v) is 7.96. The van der Waals surface area contributed by atoms with E-state index in [0.717, 1.165) is 5.69 Å². The molecule has 0 aromatic heterocycles. The van der Waals surface area contributed by atoms with Gasteiger partial charge < -0.3 is 20.3 Å². The highest BCUT2D eigenvalue weighted by atomic mass is 32.2. The van der Waals surface area contributed by atoms with Gasteiger partial charge in [0.2, 0.25) is 10.0 Å². The molecule has 0 bridgehead atoms. The molecule has 9 heteroatoms. The predicted molar refractivity (Wildman–Crippen MR) is 98.6 cm³/mol. The van der Waals surface area contributed by atoms with Crippen LogP contribution in [0.1, 0.15) is 6.92 Å². The first-order chi connectivity index (χ1) is 12.0. The van der Waals surface area contributed by atoms with Crippen molar-refractivity contribution < 1.29 is 17.9 Å². The highest BCUT2D eigenvalue weighted by molar-refractivity contribution is 7.89. The Labute approximate surface area is 149 Å². The Morgan fingerprint density at radius 3 is 2.36 bits per heavy atom. The minimum Gasteiger partial charge on any atom is -0.383 e. The molecular weight excluding hydrogens is 344 g/mol. The van der Waals surface area contributed by atoms with E-state index in [0.29, 0.717) is 45.0 Å². The van der Waals surface area contributed by atoms with Gasteiger partial charge >= 0.3 is 6.03 Å². The summed E-state index contributed by atoms with van der Waals surface area (Å²) in [5, 5.41) is 5.44. The van der Waals surface area contributed by atoms with Gasteiger partial charge in [-0.05, 0) is 31.2 Å². The van der Waals surface area contributed by atoms with Crippen molar-refractivity contribution in [2.24, 2.45) is 0 Å². The number of amides is 2. The number of carbonyl (C=O) groups is 1. The average Bonchev–Trinajstić information content (AvgIpc) is 2.63. The lowest BCUT2D eigenvalue weighted by Gasteiger charge is -2.35. The van der Waals surface area contributed by atoms with Gasteiger partial charge in [0, 0.05) is 51.2 Å². The Morgan fingerprint density at radius 1 is 1.16 bits per heavy atom. The van der Waals surface area contributed by atoms with Crippen molar-refractivity contribution >= 4 is 27.4 Å². The van der Waals surface area contributed by atoms with Gasteiger partial charge in [-0.1, -0.05) is 0 Å². The SMILES string of the molecule is CCS(=O)(=O)N1CCN(c2ccc(NC(=O)NCCOC)cc2)CC1. The Hall–Kier alpha value is -1.84. The highest BCUT2D eigenvalue weighted by Crippen LogP contribution is 2.20. The zero-order chi connectivity index (χ0) is 18.3. The Morgan fingerprint density at radius 2 is 1.80 bits per heavy atom. The molecule has 0 saturated carbocycles. The molecule has 0 atom stereocenters. The van der Waals surface area contributed by atoms with Crippen molar-refractivity contribution in [2.45, 2.75) is 6.92 Å². The normalized spacial score (nSPS) is 15.8. The number of urea groups is 1. The molecule has 2 rings (SSSR count). The van der Waals surface area contributed by atoms with Gasteiger partial charge in [0.05, 0.1) is 12.4 Å². The molecule has 1 aromatic carbocycles. The van der Waals surface area contributed by atoms with Crippen LogP contribution in [0.4, 0.5) is 16.2 Å². The van der Waals surface area contributed by atoms with Gasteiger partial charge in [0.25, 0.3) is 0 Å². The summed E-state index contributed by atoms with van der Waals surface area (Å²) in [6.45, 7) is 4.89. The van der Waals surface area contributed by atoms with Crippen LogP contribution in [0, 0.1) is 0 Å². The maximum atomic E-state index is 11.9. The Kier molecular flexibility index (Phi) is 7.03. The van der Waals surface area contributed by atoms with E-state index in [1.165, 1.54) is 0 Å². The van der Waals surface area contributed by atoms with Crippen molar-refractivity contribution in [1.29, 1.82) is 0 Å². The van der Waals surface area contributed by atoms with Gasteiger partial charge in [-0.3, -0.25) is 0 Å². The number of ether oxygens (including phenoxy) is 1. The molecule has 1 heterocycles. The maximum absolute atomic E-state index is 11.9. The van der Waals surface area contributed by atoms with E-state index in [1.54, 1.807) is 18.3 Å². The van der Waals surface area contributed by atoms with Gasteiger partial charge in [0.1, 0.15) is 0 Å². The minimum atomic E-state index is -3.11. The molecule has 0 aliphatic carbocycles. The number of nitrogens with one attached hydrogen (secondary N) is 2. The van der Waals surface area contributed by atoms with Crippen molar-refractivity contribution in [3.8, 4) is 0 Å². The van der Waals surface area contributed by atoms with Gasteiger partial charge in [-0.2, -0.15) is 4.31 Å². The van der Waals surface area contributed by atoms with Crippen LogP contribution in [0.5, 0.6) is 0 Å². The van der Waals surface area contributed by atoms with Crippen molar-refractivity contribution in [3.63, 3.8) is 0 Å². The van der Waals surface area contributed by atoms with E-state index >= 15 is 0 Å². The molecule has 1 fully saturated rings. The molecule has 0 radical (unpaired) electrons. The zero-order valence-corrected chi connectivity index (χ0v) is 15.5. The highest BCUT2D eigenvalue weighted by Gasteiger charge is 2.25. The smallest absolute Gasteiger partial charge is 0.319 e. The van der Waals surface area contributed by atoms with Crippen LogP contribution in [0.3, 0.4) is 0 Å². The van der Waals surface area contributed by atoms with Crippen molar-refractivity contribution in [3.05, 3.63) is 24.3 Å². The molecular formula is C16H26N4O4S. The monoisotopic (exact) mass is 370 g/mol. The second-order valence-electron chi connectivity index (χ2n) is 5.71. The first-order valence-corrected chi connectivity index (χ1v) is 9.94. The molecule has 0 spiro atoms. The van der Waals surface area contributed by atoms with Crippen LogP contribution in [0.25, 0.3) is 0 Å². The van der Waals surface area contributed by atoms with Crippen LogP contribution < -0.4 is 15.5 Å². The molecule has 140 valence electrons. The third-order valence-electron chi connectivity index (χ3n) is 4.08. The minimum absolute atomic E-state index is 0.139. The third-order valence-corrected chi connectivity index (χ3v) is 5.96. The maximum Gasteiger partial charge on any atom is 0.319 e. The van der Waals surface area contributed by atoms with Crippen LogP contribution in [0.15, 0.2) is 24.3 Å². The lowest BCUT2D eigenvalue weighted by molar-refractivity contribution is 0.198. The van der Waals surface area contributed by atoms with Crippen LogP contribution in [0.2, 0.25) is 0 Å². The number of methoxy groups -OCH3 is 1. The lowest BCUT2D eigenvalue weighted by Crippen LogP contribution is -2.49. The number of hydrogen-bond acceptors (Lipinski definition) is 5. The number of rotatable bonds is 7. The first kappa shape index (κ1) is 19.5.